The van der Waals surface area contributed by atoms with E-state index in [4.69, 9.17) is 4.74 Å². The van der Waals surface area contributed by atoms with Gasteiger partial charge in [-0.15, -0.1) is 0 Å². The summed E-state index contributed by atoms with van der Waals surface area (Å²) in [4.78, 5) is 4.36. The number of benzene rings is 1. The molecular weight excluding hydrogens is 260 g/mol. The molecule has 0 unspecified atom stereocenters. The number of rotatable bonds is 7. The summed E-state index contributed by atoms with van der Waals surface area (Å²) < 4.78 is 5.88. The highest BCUT2D eigenvalue weighted by molar-refractivity contribution is 5.33. The molecule has 0 saturated heterocycles. The number of hydrogen-bond donors (Lipinski definition) is 1. The number of ether oxygens (including phenoxy) is 1. The molecule has 1 N–H and O–H groups in total. The maximum absolute atomic E-state index is 5.88. The van der Waals surface area contributed by atoms with E-state index in [1.165, 1.54) is 5.56 Å². The number of nitrogens with one attached hydrogen (secondary N) is 1. The summed E-state index contributed by atoms with van der Waals surface area (Å²) in [5.41, 5.74) is 2.31. The van der Waals surface area contributed by atoms with Crippen molar-refractivity contribution in [2.75, 3.05) is 6.54 Å². The van der Waals surface area contributed by atoms with E-state index in [1.807, 2.05) is 24.3 Å². The molecule has 1 heterocycles. The number of hydrogen-bond acceptors (Lipinski definition) is 3. The van der Waals surface area contributed by atoms with Crippen LogP contribution in [0.2, 0.25) is 0 Å². The molecule has 1 aromatic heterocycles. The quantitative estimate of drug-likeness (QED) is 0.828. The molecule has 2 aromatic rings. The van der Waals surface area contributed by atoms with Crippen LogP contribution in [0.15, 0.2) is 42.6 Å². The lowest BCUT2D eigenvalue weighted by atomic mass is 10.2. The monoisotopic (exact) mass is 284 g/mol. The van der Waals surface area contributed by atoms with E-state index >= 15 is 0 Å². The minimum absolute atomic E-state index is 0.640. The van der Waals surface area contributed by atoms with Gasteiger partial charge in [-0.1, -0.05) is 32.9 Å². The topological polar surface area (TPSA) is 34.1 Å². The number of aryl methyl sites for hydroxylation is 1. The Morgan fingerprint density at radius 2 is 1.86 bits per heavy atom. The fourth-order valence-corrected chi connectivity index (χ4v) is 2.03. The van der Waals surface area contributed by atoms with Gasteiger partial charge in [0.05, 0.1) is 5.69 Å². The van der Waals surface area contributed by atoms with Crippen LogP contribution >= 0.6 is 0 Å². The van der Waals surface area contributed by atoms with Crippen LogP contribution in [-0.4, -0.2) is 11.5 Å². The molecule has 0 aliphatic heterocycles. The minimum Gasteiger partial charge on any atom is -0.457 e. The van der Waals surface area contributed by atoms with Crippen LogP contribution in [0.5, 0.6) is 11.5 Å². The lowest BCUT2D eigenvalue weighted by Gasteiger charge is -2.09. The molecule has 0 radical (unpaired) electrons. The van der Waals surface area contributed by atoms with Crippen molar-refractivity contribution in [2.45, 2.75) is 33.7 Å². The summed E-state index contributed by atoms with van der Waals surface area (Å²) in [6.45, 7) is 8.30. The first-order chi connectivity index (χ1) is 10.2. The van der Waals surface area contributed by atoms with Crippen molar-refractivity contribution in [3.8, 4) is 11.5 Å². The van der Waals surface area contributed by atoms with Crippen molar-refractivity contribution >= 4 is 0 Å². The van der Waals surface area contributed by atoms with Crippen molar-refractivity contribution in [3.63, 3.8) is 0 Å². The summed E-state index contributed by atoms with van der Waals surface area (Å²) in [5, 5.41) is 3.39. The second-order valence-electron chi connectivity index (χ2n) is 5.61. The summed E-state index contributed by atoms with van der Waals surface area (Å²) in [6, 6.07) is 12.1. The molecule has 0 spiro atoms. The Hall–Kier alpha value is -1.87. The fraction of sp³-hybridized carbons (Fsp3) is 0.389. The van der Waals surface area contributed by atoms with E-state index in [2.05, 4.69) is 43.2 Å². The van der Waals surface area contributed by atoms with E-state index < -0.39 is 0 Å². The minimum atomic E-state index is 0.640. The maximum atomic E-state index is 5.88. The van der Waals surface area contributed by atoms with Gasteiger partial charge in [-0.2, -0.15) is 0 Å². The molecule has 3 nitrogen and oxygen atoms in total. The molecule has 1 aromatic carbocycles. The van der Waals surface area contributed by atoms with E-state index in [0.29, 0.717) is 5.92 Å². The van der Waals surface area contributed by atoms with Gasteiger partial charge in [-0.25, -0.2) is 0 Å². The van der Waals surface area contributed by atoms with E-state index in [-0.39, 0.29) is 0 Å². The Kier molecular flexibility index (Phi) is 5.76. The lowest BCUT2D eigenvalue weighted by Crippen LogP contribution is -2.19. The largest absolute Gasteiger partial charge is 0.457 e. The van der Waals surface area contributed by atoms with Gasteiger partial charge in [0.25, 0.3) is 0 Å². The van der Waals surface area contributed by atoms with Gasteiger partial charge < -0.3 is 10.1 Å². The predicted octanol–water partition coefficient (Wildman–Crippen LogP) is 4.18. The first-order valence-corrected chi connectivity index (χ1v) is 7.60. The zero-order valence-electron chi connectivity index (χ0n) is 13.1. The van der Waals surface area contributed by atoms with E-state index in [0.717, 1.165) is 36.7 Å². The van der Waals surface area contributed by atoms with Crippen molar-refractivity contribution in [2.24, 2.45) is 5.92 Å². The van der Waals surface area contributed by atoms with Gasteiger partial charge in [0.2, 0.25) is 0 Å². The molecule has 0 amide bonds. The molecule has 3 heteroatoms. The first kappa shape index (κ1) is 15.5. The molecule has 0 saturated carbocycles. The van der Waals surface area contributed by atoms with Crippen molar-refractivity contribution < 1.29 is 4.74 Å². The van der Waals surface area contributed by atoms with Crippen LogP contribution in [0.1, 0.15) is 32.0 Å². The second kappa shape index (κ2) is 7.79. The standard InChI is InChI=1S/C18H24N2O/c1-4-15-5-7-17(8-6-15)21-18-9-10-20-16(11-18)13-19-12-14(2)3/h5-11,14,19H,4,12-13H2,1-3H3. The Morgan fingerprint density at radius 1 is 1.10 bits per heavy atom. The van der Waals surface area contributed by atoms with Crippen LogP contribution in [0, 0.1) is 5.92 Å². The first-order valence-electron chi connectivity index (χ1n) is 7.60. The third-order valence-electron chi connectivity index (χ3n) is 3.21. The molecule has 21 heavy (non-hydrogen) atoms. The highest BCUT2D eigenvalue weighted by atomic mass is 16.5. The van der Waals surface area contributed by atoms with Crippen molar-refractivity contribution in [3.05, 3.63) is 53.9 Å². The molecule has 0 fully saturated rings. The average Bonchev–Trinajstić information content (AvgIpc) is 2.48. The normalized spacial score (nSPS) is 10.9. The van der Waals surface area contributed by atoms with Gasteiger partial charge in [-0.05, 0) is 42.6 Å². The van der Waals surface area contributed by atoms with Gasteiger partial charge >= 0.3 is 0 Å². The SMILES string of the molecule is CCc1ccc(Oc2ccnc(CNCC(C)C)c2)cc1. The second-order valence-corrected chi connectivity index (χ2v) is 5.61. The average molecular weight is 284 g/mol. The van der Waals surface area contributed by atoms with E-state index in [9.17, 15) is 0 Å². The molecule has 0 aliphatic rings. The smallest absolute Gasteiger partial charge is 0.130 e. The zero-order chi connectivity index (χ0) is 15.1. The Labute approximate surface area is 127 Å². The third kappa shape index (κ3) is 5.20. The molecule has 112 valence electrons. The highest BCUT2D eigenvalue weighted by Gasteiger charge is 2.01. The molecule has 2 rings (SSSR count). The number of pyridine rings is 1. The van der Waals surface area contributed by atoms with Crippen molar-refractivity contribution in [1.29, 1.82) is 0 Å². The van der Waals surface area contributed by atoms with Crippen molar-refractivity contribution in [1.82, 2.24) is 10.3 Å². The van der Waals surface area contributed by atoms with E-state index in [1.54, 1.807) is 6.20 Å². The molecular formula is C18H24N2O. The van der Waals surface area contributed by atoms with Crippen LogP contribution in [0.4, 0.5) is 0 Å². The third-order valence-corrected chi connectivity index (χ3v) is 3.21. The Balaban J connectivity index is 1.96. The van der Waals surface area contributed by atoms with Crippen LogP contribution in [0.3, 0.4) is 0 Å². The fourth-order valence-electron chi connectivity index (χ4n) is 2.03. The Morgan fingerprint density at radius 3 is 2.52 bits per heavy atom. The van der Waals surface area contributed by atoms with Gasteiger partial charge in [0, 0.05) is 18.8 Å². The van der Waals surface area contributed by atoms with Gasteiger partial charge in [0.15, 0.2) is 0 Å². The Bertz CT molecular complexity index is 549. The summed E-state index contributed by atoms with van der Waals surface area (Å²) in [5.74, 6) is 2.33. The molecule has 0 aliphatic carbocycles. The van der Waals surface area contributed by atoms with Crippen LogP contribution in [-0.2, 0) is 13.0 Å². The van der Waals surface area contributed by atoms with Gasteiger partial charge in [0.1, 0.15) is 11.5 Å². The molecule has 0 bridgehead atoms. The summed E-state index contributed by atoms with van der Waals surface area (Å²) in [6.07, 6.45) is 2.84. The zero-order valence-corrected chi connectivity index (χ0v) is 13.1. The number of nitrogens with zero attached hydrogens (tertiary/aromatic N) is 1. The lowest BCUT2D eigenvalue weighted by molar-refractivity contribution is 0.479. The van der Waals surface area contributed by atoms with Gasteiger partial charge in [-0.3, -0.25) is 4.98 Å². The van der Waals surface area contributed by atoms with Crippen LogP contribution in [0.25, 0.3) is 0 Å². The summed E-state index contributed by atoms with van der Waals surface area (Å²) in [7, 11) is 0. The van der Waals surface area contributed by atoms with Crippen LogP contribution < -0.4 is 10.1 Å². The predicted molar refractivity (Wildman–Crippen MR) is 86.7 cm³/mol. The highest BCUT2D eigenvalue weighted by Crippen LogP contribution is 2.22. The molecule has 0 atom stereocenters. The number of aromatic nitrogens is 1. The maximum Gasteiger partial charge on any atom is 0.130 e. The summed E-state index contributed by atoms with van der Waals surface area (Å²) >= 11 is 0.